The maximum absolute atomic E-state index is 12.3. The molecule has 0 unspecified atom stereocenters. The molecule has 1 aliphatic heterocycles. The number of nitro groups is 1. The summed E-state index contributed by atoms with van der Waals surface area (Å²) in [5.41, 5.74) is -0.416. The minimum atomic E-state index is -3.91. The predicted molar refractivity (Wildman–Crippen MR) is 108 cm³/mol. The number of aromatic nitrogens is 2. The zero-order chi connectivity index (χ0) is 20.7. The van der Waals surface area contributed by atoms with Gasteiger partial charge in [-0.05, 0) is 31.5 Å². The van der Waals surface area contributed by atoms with E-state index in [1.165, 1.54) is 24.3 Å². The number of benzene rings is 1. The largest absolute Gasteiger partial charge is 0.338 e. The van der Waals surface area contributed by atoms with Crippen LogP contribution in [-0.4, -0.2) is 67.5 Å². The van der Waals surface area contributed by atoms with Crippen molar-refractivity contribution < 1.29 is 13.3 Å². The molecule has 1 fully saturated rings. The lowest BCUT2D eigenvalue weighted by atomic mass is 10.2. The molecule has 0 radical (unpaired) electrons. The summed E-state index contributed by atoms with van der Waals surface area (Å²) >= 11 is 0. The summed E-state index contributed by atoms with van der Waals surface area (Å²) < 4.78 is 27.2. The fraction of sp³-hybridized carbons (Fsp3) is 0.444. The number of nitro benzene ring substituents is 1. The number of nitrogens with one attached hydrogen (secondary N) is 1. The van der Waals surface area contributed by atoms with Crippen molar-refractivity contribution in [1.82, 2.24) is 19.6 Å². The van der Waals surface area contributed by atoms with E-state index < -0.39 is 20.6 Å². The number of rotatable bonds is 9. The van der Waals surface area contributed by atoms with Crippen LogP contribution in [0.3, 0.4) is 0 Å². The zero-order valence-corrected chi connectivity index (χ0v) is 16.8. The van der Waals surface area contributed by atoms with Crippen molar-refractivity contribution >= 4 is 21.7 Å². The van der Waals surface area contributed by atoms with Gasteiger partial charge >= 0.3 is 0 Å². The Hall–Kier alpha value is -2.63. The number of sulfonamides is 1. The molecule has 10 nitrogen and oxygen atoms in total. The second-order valence-electron chi connectivity index (χ2n) is 6.71. The van der Waals surface area contributed by atoms with Crippen molar-refractivity contribution in [3.63, 3.8) is 0 Å². The number of hydrogen-bond donors (Lipinski definition) is 1. The summed E-state index contributed by atoms with van der Waals surface area (Å²) in [6.07, 6.45) is 4.96. The van der Waals surface area contributed by atoms with E-state index in [0.29, 0.717) is 6.42 Å². The van der Waals surface area contributed by atoms with Gasteiger partial charge in [0.05, 0.1) is 4.92 Å². The van der Waals surface area contributed by atoms with E-state index in [4.69, 9.17) is 0 Å². The Bertz CT molecular complexity index is 917. The third-order valence-corrected chi connectivity index (χ3v) is 6.26. The van der Waals surface area contributed by atoms with Crippen LogP contribution < -0.4 is 9.62 Å². The Balaban J connectivity index is 1.39. The molecule has 156 valence electrons. The zero-order valence-electron chi connectivity index (χ0n) is 16.0. The first-order chi connectivity index (χ1) is 14.0. The van der Waals surface area contributed by atoms with Gasteiger partial charge in [0.2, 0.25) is 16.0 Å². The van der Waals surface area contributed by atoms with E-state index in [1.54, 1.807) is 18.5 Å². The maximum Gasteiger partial charge on any atom is 0.289 e. The van der Waals surface area contributed by atoms with Gasteiger partial charge in [0, 0.05) is 51.2 Å². The highest BCUT2D eigenvalue weighted by molar-refractivity contribution is 7.89. The smallest absolute Gasteiger partial charge is 0.289 e. The third-order valence-electron chi connectivity index (χ3n) is 4.75. The summed E-state index contributed by atoms with van der Waals surface area (Å²) in [6, 6.07) is 7.15. The molecule has 3 rings (SSSR count). The quantitative estimate of drug-likeness (QED) is 0.366. The summed E-state index contributed by atoms with van der Waals surface area (Å²) in [4.78, 5) is 23.1. The number of para-hydroxylation sites is 1. The Morgan fingerprint density at radius 1 is 1.03 bits per heavy atom. The monoisotopic (exact) mass is 420 g/mol. The second-order valence-corrected chi connectivity index (χ2v) is 8.44. The van der Waals surface area contributed by atoms with Gasteiger partial charge in [0.1, 0.15) is 0 Å². The van der Waals surface area contributed by atoms with Crippen LogP contribution in [0.25, 0.3) is 0 Å². The molecule has 0 saturated carbocycles. The molecule has 1 aromatic heterocycles. The minimum Gasteiger partial charge on any atom is -0.338 e. The summed E-state index contributed by atoms with van der Waals surface area (Å²) in [5.74, 6) is 0.747. The van der Waals surface area contributed by atoms with Crippen molar-refractivity contribution in [2.75, 3.05) is 44.2 Å². The topological polar surface area (TPSA) is 122 Å². The normalized spacial score (nSPS) is 15.4. The fourth-order valence-electron chi connectivity index (χ4n) is 3.21. The Labute approximate surface area is 169 Å². The Morgan fingerprint density at radius 2 is 1.72 bits per heavy atom. The first-order valence-corrected chi connectivity index (χ1v) is 10.9. The first kappa shape index (κ1) is 21.1. The maximum atomic E-state index is 12.3. The third kappa shape index (κ3) is 5.68. The summed E-state index contributed by atoms with van der Waals surface area (Å²) in [6.45, 7) is 4.63. The lowest BCUT2D eigenvalue weighted by Crippen LogP contribution is -2.47. The molecule has 2 aromatic rings. The van der Waals surface area contributed by atoms with Gasteiger partial charge in [-0.2, -0.15) is 0 Å². The fourth-order valence-corrected chi connectivity index (χ4v) is 4.45. The van der Waals surface area contributed by atoms with Crippen molar-refractivity contribution in [3.8, 4) is 0 Å². The van der Waals surface area contributed by atoms with Crippen molar-refractivity contribution in [2.24, 2.45) is 0 Å². The number of anilines is 1. The molecule has 0 spiro atoms. The molecule has 29 heavy (non-hydrogen) atoms. The van der Waals surface area contributed by atoms with E-state index in [-0.39, 0.29) is 11.4 Å². The van der Waals surface area contributed by atoms with Crippen LogP contribution in [0, 0.1) is 10.1 Å². The molecule has 1 aliphatic rings. The van der Waals surface area contributed by atoms with Crippen molar-refractivity contribution in [3.05, 3.63) is 52.8 Å². The molecule has 0 bridgehead atoms. The van der Waals surface area contributed by atoms with Crippen molar-refractivity contribution in [2.45, 2.75) is 17.7 Å². The number of nitrogens with zero attached hydrogens (tertiary/aromatic N) is 5. The van der Waals surface area contributed by atoms with Crippen LogP contribution >= 0.6 is 0 Å². The van der Waals surface area contributed by atoms with E-state index in [2.05, 4.69) is 24.5 Å². The van der Waals surface area contributed by atoms with Crippen LogP contribution in [0.5, 0.6) is 0 Å². The predicted octanol–water partition coefficient (Wildman–Crippen LogP) is 1.27. The van der Waals surface area contributed by atoms with Crippen LogP contribution in [0.15, 0.2) is 47.6 Å². The average Bonchev–Trinajstić information content (AvgIpc) is 2.74. The van der Waals surface area contributed by atoms with Crippen LogP contribution in [-0.2, 0) is 10.0 Å². The van der Waals surface area contributed by atoms with Gasteiger partial charge in [0.15, 0.2) is 4.90 Å². The van der Waals surface area contributed by atoms with Crippen molar-refractivity contribution in [1.29, 1.82) is 0 Å². The number of piperazine rings is 1. The summed E-state index contributed by atoms with van der Waals surface area (Å²) in [7, 11) is -3.91. The van der Waals surface area contributed by atoms with Gasteiger partial charge in [-0.15, -0.1) is 0 Å². The van der Waals surface area contributed by atoms with Gasteiger partial charge in [0.25, 0.3) is 5.69 Å². The Kier molecular flexibility index (Phi) is 7.07. The van der Waals surface area contributed by atoms with E-state index in [9.17, 15) is 18.5 Å². The second kappa shape index (κ2) is 9.72. The molecular formula is C18H24N6O4S. The SMILES string of the molecule is O=[N+]([O-])c1ccccc1S(=O)(=O)NCCCCN1CCN(c2ncccn2)CC1. The lowest BCUT2D eigenvalue weighted by Gasteiger charge is -2.34. The summed E-state index contributed by atoms with van der Waals surface area (Å²) in [5, 5.41) is 11.0. The van der Waals surface area contributed by atoms with Gasteiger partial charge in [-0.3, -0.25) is 15.0 Å². The molecule has 0 aliphatic carbocycles. The molecule has 1 N–H and O–H groups in total. The van der Waals surface area contributed by atoms with Gasteiger partial charge in [-0.1, -0.05) is 12.1 Å². The van der Waals surface area contributed by atoms with Gasteiger partial charge < -0.3 is 4.90 Å². The van der Waals surface area contributed by atoms with Crippen LogP contribution in [0.1, 0.15) is 12.8 Å². The lowest BCUT2D eigenvalue weighted by molar-refractivity contribution is -0.387. The van der Waals surface area contributed by atoms with Crippen LogP contribution in [0.4, 0.5) is 11.6 Å². The molecule has 1 aromatic carbocycles. The molecule has 0 amide bonds. The Morgan fingerprint density at radius 3 is 2.41 bits per heavy atom. The highest BCUT2D eigenvalue weighted by Crippen LogP contribution is 2.22. The highest BCUT2D eigenvalue weighted by atomic mass is 32.2. The van der Waals surface area contributed by atoms with E-state index in [1.807, 2.05) is 0 Å². The van der Waals surface area contributed by atoms with E-state index in [0.717, 1.165) is 45.1 Å². The standard InChI is InChI=1S/C18H24N6O4S/c25-24(26)16-6-1-2-7-17(16)29(27,28)21-10-3-4-11-22-12-14-23(15-13-22)18-19-8-5-9-20-18/h1-2,5-9,21H,3-4,10-15H2. The average molecular weight is 420 g/mol. The van der Waals surface area contributed by atoms with Gasteiger partial charge in [-0.25, -0.2) is 23.1 Å². The van der Waals surface area contributed by atoms with Crippen LogP contribution in [0.2, 0.25) is 0 Å². The molecule has 11 heteroatoms. The molecule has 0 atom stereocenters. The molecule has 1 saturated heterocycles. The highest BCUT2D eigenvalue weighted by Gasteiger charge is 2.24. The minimum absolute atomic E-state index is 0.242. The molecular weight excluding hydrogens is 396 g/mol. The first-order valence-electron chi connectivity index (χ1n) is 9.45. The number of hydrogen-bond acceptors (Lipinski definition) is 8. The number of unbranched alkanes of at least 4 members (excludes halogenated alkanes) is 1. The van der Waals surface area contributed by atoms with E-state index >= 15 is 0 Å². The molecule has 2 heterocycles.